The summed E-state index contributed by atoms with van der Waals surface area (Å²) in [6, 6.07) is 3.80. The Morgan fingerprint density at radius 3 is 2.94 bits per heavy atom. The summed E-state index contributed by atoms with van der Waals surface area (Å²) in [7, 11) is 1.68. The molecule has 0 aliphatic rings. The number of nitrogens with zero attached hydrogens (tertiary/aromatic N) is 1. The Kier molecular flexibility index (Phi) is 5.82. The van der Waals surface area contributed by atoms with Crippen molar-refractivity contribution in [3.05, 3.63) is 24.0 Å². The first-order chi connectivity index (χ1) is 7.77. The summed E-state index contributed by atoms with van der Waals surface area (Å²) in [5, 5.41) is 3.25. The van der Waals surface area contributed by atoms with Crippen molar-refractivity contribution in [2.45, 2.75) is 20.0 Å². The van der Waals surface area contributed by atoms with E-state index in [1.807, 2.05) is 19.1 Å². The summed E-state index contributed by atoms with van der Waals surface area (Å²) in [5.74, 6) is 0.822. The van der Waals surface area contributed by atoms with Gasteiger partial charge in [-0.1, -0.05) is 6.92 Å². The lowest BCUT2D eigenvalue weighted by molar-refractivity contribution is 0.0802. The van der Waals surface area contributed by atoms with E-state index in [9.17, 15) is 0 Å². The molecule has 1 aromatic heterocycles. The van der Waals surface area contributed by atoms with E-state index in [2.05, 4.69) is 17.2 Å². The highest BCUT2D eigenvalue weighted by Gasteiger charge is 2.11. The van der Waals surface area contributed by atoms with Gasteiger partial charge in [-0.15, -0.1) is 0 Å². The standard InChI is InChI=1S/C12H20N2O2/c1-4-13-8-11(9-15-3)16-12-6-5-7-14-10(12)2/h5-7,11,13H,4,8-9H2,1-3H3. The zero-order valence-corrected chi connectivity index (χ0v) is 10.2. The number of methoxy groups -OCH3 is 1. The Balaban J connectivity index is 2.56. The van der Waals surface area contributed by atoms with Crippen LogP contribution in [0.5, 0.6) is 5.75 Å². The second kappa shape index (κ2) is 7.19. The number of rotatable bonds is 7. The van der Waals surface area contributed by atoms with E-state index in [0.29, 0.717) is 6.61 Å². The molecule has 0 fully saturated rings. The molecule has 4 heteroatoms. The molecule has 0 aromatic carbocycles. The molecule has 0 bridgehead atoms. The van der Waals surface area contributed by atoms with Crippen molar-refractivity contribution in [2.24, 2.45) is 0 Å². The molecule has 0 radical (unpaired) electrons. The Bertz CT molecular complexity index is 305. The zero-order chi connectivity index (χ0) is 11.8. The van der Waals surface area contributed by atoms with Gasteiger partial charge in [-0.25, -0.2) is 0 Å². The minimum atomic E-state index is 0.0212. The van der Waals surface area contributed by atoms with Crippen LogP contribution < -0.4 is 10.1 Å². The molecular weight excluding hydrogens is 204 g/mol. The van der Waals surface area contributed by atoms with Gasteiger partial charge in [0.05, 0.1) is 12.3 Å². The third-order valence-electron chi connectivity index (χ3n) is 2.23. The van der Waals surface area contributed by atoms with Gasteiger partial charge in [0.1, 0.15) is 11.9 Å². The zero-order valence-electron chi connectivity index (χ0n) is 10.2. The predicted molar refractivity (Wildman–Crippen MR) is 63.8 cm³/mol. The van der Waals surface area contributed by atoms with E-state index < -0.39 is 0 Å². The molecule has 1 atom stereocenters. The number of hydrogen-bond acceptors (Lipinski definition) is 4. The van der Waals surface area contributed by atoms with Crippen molar-refractivity contribution in [3.8, 4) is 5.75 Å². The van der Waals surface area contributed by atoms with Gasteiger partial charge in [-0.2, -0.15) is 0 Å². The highest BCUT2D eigenvalue weighted by molar-refractivity contribution is 5.25. The molecule has 1 unspecified atom stereocenters. The molecular formula is C12H20N2O2. The topological polar surface area (TPSA) is 43.4 Å². The number of nitrogens with one attached hydrogen (secondary N) is 1. The average Bonchev–Trinajstić information content (AvgIpc) is 2.29. The van der Waals surface area contributed by atoms with Crippen molar-refractivity contribution < 1.29 is 9.47 Å². The Morgan fingerprint density at radius 1 is 1.50 bits per heavy atom. The molecule has 0 aliphatic carbocycles. The van der Waals surface area contributed by atoms with Crippen LogP contribution in [0.4, 0.5) is 0 Å². The number of aromatic nitrogens is 1. The van der Waals surface area contributed by atoms with Gasteiger partial charge < -0.3 is 14.8 Å². The van der Waals surface area contributed by atoms with Gasteiger partial charge in [0, 0.05) is 19.9 Å². The smallest absolute Gasteiger partial charge is 0.141 e. The molecule has 4 nitrogen and oxygen atoms in total. The maximum atomic E-state index is 5.84. The van der Waals surface area contributed by atoms with Gasteiger partial charge in [0.15, 0.2) is 0 Å². The first-order valence-corrected chi connectivity index (χ1v) is 5.55. The van der Waals surface area contributed by atoms with E-state index >= 15 is 0 Å². The summed E-state index contributed by atoms with van der Waals surface area (Å²) >= 11 is 0. The molecule has 0 aliphatic heterocycles. The van der Waals surface area contributed by atoms with Gasteiger partial charge in [-0.05, 0) is 25.6 Å². The quantitative estimate of drug-likeness (QED) is 0.760. The summed E-state index contributed by atoms with van der Waals surface area (Å²) in [6.45, 7) is 6.28. The maximum Gasteiger partial charge on any atom is 0.141 e. The first kappa shape index (κ1) is 12.9. The first-order valence-electron chi connectivity index (χ1n) is 5.55. The second-order valence-electron chi connectivity index (χ2n) is 3.59. The molecule has 0 spiro atoms. The van der Waals surface area contributed by atoms with Crippen molar-refractivity contribution in [3.63, 3.8) is 0 Å². The molecule has 0 saturated heterocycles. The van der Waals surface area contributed by atoms with Crippen LogP contribution in [0, 0.1) is 6.92 Å². The fraction of sp³-hybridized carbons (Fsp3) is 0.583. The van der Waals surface area contributed by atoms with E-state index in [1.54, 1.807) is 13.3 Å². The number of pyridine rings is 1. The molecule has 90 valence electrons. The summed E-state index contributed by atoms with van der Waals surface area (Å²) in [4.78, 5) is 4.19. The molecule has 0 amide bonds. The van der Waals surface area contributed by atoms with E-state index in [4.69, 9.17) is 9.47 Å². The van der Waals surface area contributed by atoms with Crippen LogP contribution in [0.25, 0.3) is 0 Å². The van der Waals surface area contributed by atoms with E-state index in [-0.39, 0.29) is 6.10 Å². The molecule has 1 rings (SSSR count). The van der Waals surface area contributed by atoms with Gasteiger partial charge in [-0.3, -0.25) is 4.98 Å². The second-order valence-corrected chi connectivity index (χ2v) is 3.59. The summed E-state index contributed by atoms with van der Waals surface area (Å²) in [6.07, 6.45) is 1.78. The highest BCUT2D eigenvalue weighted by atomic mass is 16.5. The van der Waals surface area contributed by atoms with Crippen LogP contribution in [0.1, 0.15) is 12.6 Å². The molecule has 1 heterocycles. The van der Waals surface area contributed by atoms with Gasteiger partial charge in [0.25, 0.3) is 0 Å². The van der Waals surface area contributed by atoms with Crippen molar-refractivity contribution >= 4 is 0 Å². The van der Waals surface area contributed by atoms with Gasteiger partial charge in [0.2, 0.25) is 0 Å². The summed E-state index contributed by atoms with van der Waals surface area (Å²) < 4.78 is 11.0. The van der Waals surface area contributed by atoms with E-state index in [1.165, 1.54) is 0 Å². The normalized spacial score (nSPS) is 12.4. The minimum Gasteiger partial charge on any atom is -0.485 e. The SMILES string of the molecule is CCNCC(COC)Oc1cccnc1C. The Hall–Kier alpha value is -1.13. The Labute approximate surface area is 97.0 Å². The summed E-state index contributed by atoms with van der Waals surface area (Å²) in [5.41, 5.74) is 0.903. The third-order valence-corrected chi connectivity index (χ3v) is 2.23. The Morgan fingerprint density at radius 2 is 2.31 bits per heavy atom. The highest BCUT2D eigenvalue weighted by Crippen LogP contribution is 2.15. The fourth-order valence-electron chi connectivity index (χ4n) is 1.40. The van der Waals surface area contributed by atoms with E-state index in [0.717, 1.165) is 24.5 Å². The lowest BCUT2D eigenvalue weighted by atomic mass is 10.3. The molecule has 1 aromatic rings. The van der Waals surface area contributed by atoms with Crippen molar-refractivity contribution in [2.75, 3.05) is 26.8 Å². The monoisotopic (exact) mass is 224 g/mol. The number of likely N-dealkylation sites (N-methyl/N-ethyl adjacent to an activating group) is 1. The van der Waals surface area contributed by atoms with Crippen molar-refractivity contribution in [1.82, 2.24) is 10.3 Å². The lowest BCUT2D eigenvalue weighted by Gasteiger charge is -2.19. The number of aryl methyl sites for hydroxylation is 1. The predicted octanol–water partition coefficient (Wildman–Crippen LogP) is 1.39. The van der Waals surface area contributed by atoms with Crippen LogP contribution in [0.15, 0.2) is 18.3 Å². The van der Waals surface area contributed by atoms with Gasteiger partial charge >= 0.3 is 0 Å². The van der Waals surface area contributed by atoms with Crippen LogP contribution >= 0.6 is 0 Å². The molecule has 16 heavy (non-hydrogen) atoms. The molecule has 0 saturated carbocycles. The third kappa shape index (κ3) is 4.16. The molecule has 1 N–H and O–H groups in total. The number of ether oxygens (including phenoxy) is 2. The van der Waals surface area contributed by atoms with Crippen LogP contribution in [0.2, 0.25) is 0 Å². The minimum absolute atomic E-state index is 0.0212. The van der Waals surface area contributed by atoms with Crippen molar-refractivity contribution in [1.29, 1.82) is 0 Å². The largest absolute Gasteiger partial charge is 0.485 e. The van der Waals surface area contributed by atoms with Crippen LogP contribution in [-0.2, 0) is 4.74 Å². The van der Waals surface area contributed by atoms with Crippen LogP contribution in [0.3, 0.4) is 0 Å². The fourth-order valence-corrected chi connectivity index (χ4v) is 1.40. The lowest BCUT2D eigenvalue weighted by Crippen LogP contribution is -2.35. The van der Waals surface area contributed by atoms with Crippen LogP contribution in [-0.4, -0.2) is 37.9 Å². The number of hydrogen-bond donors (Lipinski definition) is 1. The average molecular weight is 224 g/mol. The maximum absolute atomic E-state index is 5.84.